The highest BCUT2D eigenvalue weighted by molar-refractivity contribution is 5.99. The molecule has 0 spiro atoms. The van der Waals surface area contributed by atoms with Crippen LogP contribution in [0, 0.1) is 0 Å². The zero-order valence-electron chi connectivity index (χ0n) is 8.83. The van der Waals surface area contributed by atoms with Crippen molar-refractivity contribution in [2.24, 2.45) is 0 Å². The fourth-order valence-corrected chi connectivity index (χ4v) is 0.918. The number of hydrogen-bond donors (Lipinski definition) is 1. The van der Waals surface area contributed by atoms with E-state index in [1.165, 1.54) is 0 Å². The summed E-state index contributed by atoms with van der Waals surface area (Å²) in [4.78, 5) is 22.5. The second-order valence-corrected chi connectivity index (χ2v) is 2.49. The van der Waals surface area contributed by atoms with Gasteiger partial charge in [-0.25, -0.2) is 9.59 Å². The molecule has 0 aliphatic carbocycles. The van der Waals surface area contributed by atoms with E-state index in [4.69, 9.17) is 9.47 Å². The lowest BCUT2D eigenvalue weighted by molar-refractivity contribution is -0.157. The Morgan fingerprint density at radius 3 is 1.79 bits per heavy atom. The summed E-state index contributed by atoms with van der Waals surface area (Å²) in [6, 6.07) is -1.00. The molecule has 0 atom stereocenters. The fraction of sp³-hybridized carbons (Fsp3) is 0.778. The molecule has 0 amide bonds. The van der Waals surface area contributed by atoms with E-state index in [-0.39, 0.29) is 13.2 Å². The predicted octanol–water partition coefficient (Wildman–Crippen LogP) is 0.0907. The molecular formula is C9H17NO4. The van der Waals surface area contributed by atoms with Crippen LogP contribution in [0.5, 0.6) is 0 Å². The Hall–Kier alpha value is -1.10. The summed E-state index contributed by atoms with van der Waals surface area (Å²) >= 11 is 0. The summed E-state index contributed by atoms with van der Waals surface area (Å²) in [5.74, 6) is -1.18. The largest absolute Gasteiger partial charge is 0.464 e. The van der Waals surface area contributed by atoms with E-state index in [2.05, 4.69) is 5.32 Å². The summed E-state index contributed by atoms with van der Waals surface area (Å²) in [6.45, 7) is 6.17. The third-order valence-electron chi connectivity index (χ3n) is 1.45. The van der Waals surface area contributed by atoms with Crippen LogP contribution in [-0.4, -0.2) is 37.7 Å². The lowest BCUT2D eigenvalue weighted by atomic mass is 10.3. The number of esters is 2. The normalized spacial score (nSPS) is 10.0. The highest BCUT2D eigenvalue weighted by Crippen LogP contribution is 1.93. The highest BCUT2D eigenvalue weighted by atomic mass is 16.6. The molecule has 5 nitrogen and oxygen atoms in total. The molecule has 1 N–H and O–H groups in total. The molecule has 0 saturated carbocycles. The number of carbonyl (C=O) groups is 2. The van der Waals surface area contributed by atoms with Gasteiger partial charge in [0.15, 0.2) is 0 Å². The lowest BCUT2D eigenvalue weighted by Crippen LogP contribution is -2.45. The van der Waals surface area contributed by atoms with Gasteiger partial charge in [0.2, 0.25) is 6.04 Å². The average Bonchev–Trinajstić information content (AvgIpc) is 2.14. The molecule has 0 radical (unpaired) electrons. The molecule has 5 heteroatoms. The Labute approximate surface area is 83.8 Å². The van der Waals surface area contributed by atoms with Crippen LogP contribution in [0.2, 0.25) is 0 Å². The maximum atomic E-state index is 11.3. The Kier molecular flexibility index (Phi) is 6.74. The Bertz CT molecular complexity index is 175. The SMILES string of the molecule is CCNC(C(=O)OCC)C(=O)OCC. The van der Waals surface area contributed by atoms with Crippen LogP contribution in [0.3, 0.4) is 0 Å². The van der Waals surface area contributed by atoms with Crippen LogP contribution >= 0.6 is 0 Å². The first kappa shape index (κ1) is 12.9. The Balaban J connectivity index is 4.25. The van der Waals surface area contributed by atoms with Crippen molar-refractivity contribution in [3.05, 3.63) is 0 Å². The van der Waals surface area contributed by atoms with Crippen molar-refractivity contribution in [1.82, 2.24) is 5.32 Å². The zero-order valence-corrected chi connectivity index (χ0v) is 8.83. The molecule has 82 valence electrons. The van der Waals surface area contributed by atoms with E-state index in [0.717, 1.165) is 0 Å². The third-order valence-corrected chi connectivity index (χ3v) is 1.45. The van der Waals surface area contributed by atoms with Crippen molar-refractivity contribution in [1.29, 1.82) is 0 Å². The fourth-order valence-electron chi connectivity index (χ4n) is 0.918. The molecule has 0 bridgehead atoms. The van der Waals surface area contributed by atoms with Crippen LogP contribution in [0.4, 0.5) is 0 Å². The van der Waals surface area contributed by atoms with E-state index in [1.54, 1.807) is 20.8 Å². The van der Waals surface area contributed by atoms with Gasteiger partial charge in [0.1, 0.15) is 0 Å². The molecule has 0 heterocycles. The van der Waals surface area contributed by atoms with Crippen molar-refractivity contribution in [3.63, 3.8) is 0 Å². The van der Waals surface area contributed by atoms with Crippen LogP contribution in [0.25, 0.3) is 0 Å². The van der Waals surface area contributed by atoms with Gasteiger partial charge in [-0.3, -0.25) is 5.32 Å². The molecule has 0 aliphatic heterocycles. The smallest absolute Gasteiger partial charge is 0.334 e. The highest BCUT2D eigenvalue weighted by Gasteiger charge is 2.27. The molecule has 0 aromatic heterocycles. The molecular weight excluding hydrogens is 186 g/mol. The maximum absolute atomic E-state index is 11.3. The summed E-state index contributed by atoms with van der Waals surface area (Å²) in [7, 11) is 0. The van der Waals surface area contributed by atoms with Crippen molar-refractivity contribution in [2.45, 2.75) is 26.8 Å². The average molecular weight is 203 g/mol. The second kappa shape index (κ2) is 7.32. The standard InChI is InChI=1S/C9H17NO4/c1-4-10-7(8(11)13-5-2)9(12)14-6-3/h7,10H,4-6H2,1-3H3. The molecule has 0 aromatic rings. The Morgan fingerprint density at radius 2 is 1.50 bits per heavy atom. The first-order chi connectivity index (χ1) is 6.67. The summed E-state index contributed by atoms with van der Waals surface area (Å²) in [5, 5.41) is 2.70. The predicted molar refractivity (Wildman–Crippen MR) is 50.7 cm³/mol. The van der Waals surface area contributed by atoms with Crippen LogP contribution in [0.15, 0.2) is 0 Å². The van der Waals surface area contributed by atoms with Crippen molar-refractivity contribution >= 4 is 11.9 Å². The quantitative estimate of drug-likeness (QED) is 0.489. The number of ether oxygens (including phenoxy) is 2. The number of rotatable bonds is 6. The van der Waals surface area contributed by atoms with Gasteiger partial charge in [-0.05, 0) is 20.4 Å². The second-order valence-electron chi connectivity index (χ2n) is 2.49. The van der Waals surface area contributed by atoms with Gasteiger partial charge in [-0.2, -0.15) is 0 Å². The van der Waals surface area contributed by atoms with Gasteiger partial charge in [-0.15, -0.1) is 0 Å². The van der Waals surface area contributed by atoms with E-state index in [0.29, 0.717) is 6.54 Å². The molecule has 0 aliphatic rings. The number of likely N-dealkylation sites (N-methyl/N-ethyl adjacent to an activating group) is 1. The minimum absolute atomic E-state index is 0.250. The van der Waals surface area contributed by atoms with Gasteiger partial charge in [0, 0.05) is 0 Å². The van der Waals surface area contributed by atoms with Gasteiger partial charge >= 0.3 is 11.9 Å². The van der Waals surface area contributed by atoms with Gasteiger partial charge in [0.05, 0.1) is 13.2 Å². The molecule has 0 rings (SSSR count). The number of nitrogens with one attached hydrogen (secondary N) is 1. The van der Waals surface area contributed by atoms with Crippen molar-refractivity contribution in [3.8, 4) is 0 Å². The lowest BCUT2D eigenvalue weighted by Gasteiger charge is -2.14. The zero-order chi connectivity index (χ0) is 11.0. The first-order valence-corrected chi connectivity index (χ1v) is 4.73. The first-order valence-electron chi connectivity index (χ1n) is 4.73. The maximum Gasteiger partial charge on any atom is 0.334 e. The van der Waals surface area contributed by atoms with Crippen molar-refractivity contribution in [2.75, 3.05) is 19.8 Å². The van der Waals surface area contributed by atoms with E-state index < -0.39 is 18.0 Å². The van der Waals surface area contributed by atoms with Crippen LogP contribution in [0.1, 0.15) is 20.8 Å². The summed E-state index contributed by atoms with van der Waals surface area (Å²) in [5.41, 5.74) is 0. The topological polar surface area (TPSA) is 64.6 Å². The van der Waals surface area contributed by atoms with Gasteiger partial charge < -0.3 is 9.47 Å². The van der Waals surface area contributed by atoms with E-state index in [9.17, 15) is 9.59 Å². The minimum atomic E-state index is -1.00. The molecule has 14 heavy (non-hydrogen) atoms. The molecule has 0 fully saturated rings. The van der Waals surface area contributed by atoms with Crippen LogP contribution < -0.4 is 5.32 Å². The summed E-state index contributed by atoms with van der Waals surface area (Å²) < 4.78 is 9.44. The molecule has 0 aromatic carbocycles. The number of hydrogen-bond acceptors (Lipinski definition) is 5. The molecule has 0 unspecified atom stereocenters. The summed E-state index contributed by atoms with van der Waals surface area (Å²) in [6.07, 6.45) is 0. The van der Waals surface area contributed by atoms with Gasteiger partial charge in [-0.1, -0.05) is 6.92 Å². The van der Waals surface area contributed by atoms with E-state index >= 15 is 0 Å². The Morgan fingerprint density at radius 1 is 1.07 bits per heavy atom. The minimum Gasteiger partial charge on any atom is -0.464 e. The number of carbonyl (C=O) groups excluding carboxylic acids is 2. The van der Waals surface area contributed by atoms with Crippen molar-refractivity contribution < 1.29 is 19.1 Å². The monoisotopic (exact) mass is 203 g/mol. The van der Waals surface area contributed by atoms with E-state index in [1.807, 2.05) is 0 Å². The van der Waals surface area contributed by atoms with Gasteiger partial charge in [0.25, 0.3) is 0 Å². The third kappa shape index (κ3) is 4.23. The molecule has 0 saturated heterocycles. The van der Waals surface area contributed by atoms with Crippen LogP contribution in [-0.2, 0) is 19.1 Å².